The van der Waals surface area contributed by atoms with Crippen LogP contribution in [0.3, 0.4) is 0 Å². The zero-order valence-electron chi connectivity index (χ0n) is 21.0. The van der Waals surface area contributed by atoms with Gasteiger partial charge in [-0.25, -0.2) is 9.69 Å². The number of hydrogen-bond acceptors (Lipinski definition) is 5. The fourth-order valence-corrected chi connectivity index (χ4v) is 4.25. The summed E-state index contributed by atoms with van der Waals surface area (Å²) in [4.78, 5) is 39.3. The monoisotopic (exact) mass is 572 g/mol. The molecule has 1 fully saturated rings. The summed E-state index contributed by atoms with van der Waals surface area (Å²) in [5.74, 6) is -0.361. The first kappa shape index (κ1) is 27.0. The van der Waals surface area contributed by atoms with Gasteiger partial charge in [0, 0.05) is 15.6 Å². The molecule has 9 heteroatoms. The van der Waals surface area contributed by atoms with Gasteiger partial charge < -0.3 is 9.47 Å². The van der Waals surface area contributed by atoms with Crippen LogP contribution in [0.25, 0.3) is 6.08 Å². The summed E-state index contributed by atoms with van der Waals surface area (Å²) in [5.41, 5.74) is 2.50. The van der Waals surface area contributed by atoms with Crippen molar-refractivity contribution < 1.29 is 23.9 Å². The third-order valence-corrected chi connectivity index (χ3v) is 6.68. The van der Waals surface area contributed by atoms with E-state index in [-0.39, 0.29) is 5.57 Å². The van der Waals surface area contributed by atoms with E-state index < -0.39 is 17.8 Å². The largest absolute Gasteiger partial charge is 0.489 e. The minimum Gasteiger partial charge on any atom is -0.489 e. The van der Waals surface area contributed by atoms with Crippen molar-refractivity contribution in [2.24, 2.45) is 0 Å². The number of rotatable bonds is 8. The number of halogens is 2. The summed E-state index contributed by atoms with van der Waals surface area (Å²) in [6.07, 6.45) is 1.43. The number of carbonyl (C=O) groups is 3. The maximum atomic E-state index is 13.2. The van der Waals surface area contributed by atoms with Gasteiger partial charge in [-0.15, -0.1) is 0 Å². The van der Waals surface area contributed by atoms with Gasteiger partial charge in [-0.3, -0.25) is 14.9 Å². The Kier molecular flexibility index (Phi) is 8.15. The highest BCUT2D eigenvalue weighted by atomic mass is 35.5. The Morgan fingerprint density at radius 1 is 0.725 bits per heavy atom. The molecule has 40 heavy (non-hydrogen) atoms. The molecule has 7 nitrogen and oxygen atoms in total. The lowest BCUT2D eigenvalue weighted by atomic mass is 10.1. The molecule has 4 aromatic rings. The molecule has 200 valence electrons. The smallest absolute Gasteiger partial charge is 0.335 e. The van der Waals surface area contributed by atoms with Crippen LogP contribution in [0.5, 0.6) is 11.5 Å². The molecule has 1 saturated heterocycles. The third kappa shape index (κ3) is 6.34. The number of nitrogens with zero attached hydrogens (tertiary/aromatic N) is 1. The quantitative estimate of drug-likeness (QED) is 0.185. The molecule has 1 aliphatic heterocycles. The first-order chi connectivity index (χ1) is 19.4. The Morgan fingerprint density at radius 3 is 2.02 bits per heavy atom. The number of amides is 4. The number of anilines is 1. The van der Waals surface area contributed by atoms with Crippen molar-refractivity contribution in [1.29, 1.82) is 0 Å². The summed E-state index contributed by atoms with van der Waals surface area (Å²) in [7, 11) is 0. The van der Waals surface area contributed by atoms with Crippen molar-refractivity contribution in [2.45, 2.75) is 13.2 Å². The molecule has 0 aliphatic carbocycles. The standard InChI is InChI=1S/C31H22Cl2N2O5/c32-23-9-5-21(6-10-23)18-39-26-15-11-24(12-16-26)35-30(37)27(29(36)34-31(35)38)17-20-7-13-25(14-8-20)40-19-22-3-1-2-4-28(22)33/h1-17H,18-19H2,(H,34,36,38)/b27-17+. The Balaban J connectivity index is 1.26. The molecule has 0 radical (unpaired) electrons. The SMILES string of the molecule is O=C1NC(=O)N(c2ccc(OCc3ccc(Cl)cc3)cc2)C(=O)/C1=C/c1ccc(OCc2ccccc2Cl)cc1. The van der Waals surface area contributed by atoms with Gasteiger partial charge in [0.15, 0.2) is 0 Å². The van der Waals surface area contributed by atoms with Crippen molar-refractivity contribution in [3.63, 3.8) is 0 Å². The second-order valence-electron chi connectivity index (χ2n) is 8.82. The van der Waals surface area contributed by atoms with E-state index >= 15 is 0 Å². The van der Waals surface area contributed by atoms with E-state index in [1.165, 1.54) is 6.08 Å². The Morgan fingerprint density at radius 2 is 1.35 bits per heavy atom. The number of hydrogen-bond donors (Lipinski definition) is 1. The minimum absolute atomic E-state index is 0.174. The molecule has 1 aliphatic rings. The Bertz CT molecular complexity index is 1580. The predicted molar refractivity (Wildman–Crippen MR) is 153 cm³/mol. The minimum atomic E-state index is -0.828. The maximum Gasteiger partial charge on any atom is 0.335 e. The van der Waals surface area contributed by atoms with Gasteiger partial charge >= 0.3 is 6.03 Å². The van der Waals surface area contributed by atoms with Crippen molar-refractivity contribution in [2.75, 3.05) is 4.90 Å². The van der Waals surface area contributed by atoms with Gasteiger partial charge in [-0.05, 0) is 71.8 Å². The van der Waals surface area contributed by atoms with Crippen LogP contribution in [0.15, 0.2) is 103 Å². The second-order valence-corrected chi connectivity index (χ2v) is 9.66. The van der Waals surface area contributed by atoms with Crippen LogP contribution in [0.2, 0.25) is 10.0 Å². The highest BCUT2D eigenvalue weighted by molar-refractivity contribution is 6.39. The Hall–Kier alpha value is -4.59. The van der Waals surface area contributed by atoms with E-state index in [0.29, 0.717) is 46.0 Å². The summed E-state index contributed by atoms with van der Waals surface area (Å²) < 4.78 is 11.6. The van der Waals surface area contributed by atoms with Crippen LogP contribution in [-0.2, 0) is 22.8 Å². The third-order valence-electron chi connectivity index (χ3n) is 6.06. The highest BCUT2D eigenvalue weighted by Crippen LogP contribution is 2.26. The molecule has 0 bridgehead atoms. The molecule has 4 aromatic carbocycles. The molecule has 0 unspecified atom stereocenters. The molecule has 5 rings (SSSR count). The molecule has 1 heterocycles. The lowest BCUT2D eigenvalue weighted by Gasteiger charge is -2.26. The lowest BCUT2D eigenvalue weighted by molar-refractivity contribution is -0.122. The topological polar surface area (TPSA) is 84.9 Å². The van der Waals surface area contributed by atoms with E-state index in [2.05, 4.69) is 5.32 Å². The van der Waals surface area contributed by atoms with Gasteiger partial charge in [-0.1, -0.05) is 65.7 Å². The molecule has 0 saturated carbocycles. The zero-order valence-corrected chi connectivity index (χ0v) is 22.5. The van der Waals surface area contributed by atoms with Crippen molar-refractivity contribution >= 4 is 52.8 Å². The van der Waals surface area contributed by atoms with Gasteiger partial charge in [0.2, 0.25) is 0 Å². The van der Waals surface area contributed by atoms with Crippen LogP contribution >= 0.6 is 23.2 Å². The molecular weight excluding hydrogens is 551 g/mol. The van der Waals surface area contributed by atoms with Crippen LogP contribution in [-0.4, -0.2) is 17.8 Å². The summed E-state index contributed by atoms with van der Waals surface area (Å²) in [6, 6.07) is 27.2. The molecular formula is C31H22Cl2N2O5. The van der Waals surface area contributed by atoms with E-state index in [1.54, 1.807) is 66.7 Å². The molecule has 4 amide bonds. The number of nitrogens with one attached hydrogen (secondary N) is 1. The molecule has 0 atom stereocenters. The summed E-state index contributed by atoms with van der Waals surface area (Å²) in [5, 5.41) is 3.48. The summed E-state index contributed by atoms with van der Waals surface area (Å²) in [6.45, 7) is 0.619. The fourth-order valence-electron chi connectivity index (χ4n) is 3.93. The zero-order chi connectivity index (χ0) is 28.1. The molecule has 1 N–H and O–H groups in total. The predicted octanol–water partition coefficient (Wildman–Crippen LogP) is 6.82. The second kappa shape index (κ2) is 12.1. The normalized spacial score (nSPS) is 14.3. The number of barbiturate groups is 1. The number of urea groups is 1. The summed E-state index contributed by atoms with van der Waals surface area (Å²) >= 11 is 12.1. The average molecular weight is 573 g/mol. The van der Waals surface area contributed by atoms with Gasteiger partial charge in [0.1, 0.15) is 30.3 Å². The number of ether oxygens (including phenoxy) is 2. The Labute approximate surface area is 240 Å². The van der Waals surface area contributed by atoms with Crippen molar-refractivity contribution in [1.82, 2.24) is 5.32 Å². The first-order valence-corrected chi connectivity index (χ1v) is 13.0. The van der Waals surface area contributed by atoms with Crippen LogP contribution < -0.4 is 19.7 Å². The van der Waals surface area contributed by atoms with Gasteiger partial charge in [0.25, 0.3) is 11.8 Å². The van der Waals surface area contributed by atoms with Crippen LogP contribution in [0, 0.1) is 0 Å². The maximum absolute atomic E-state index is 13.2. The lowest BCUT2D eigenvalue weighted by Crippen LogP contribution is -2.54. The van der Waals surface area contributed by atoms with Gasteiger partial charge in [0.05, 0.1) is 5.69 Å². The van der Waals surface area contributed by atoms with Crippen LogP contribution in [0.4, 0.5) is 10.5 Å². The molecule has 0 spiro atoms. The van der Waals surface area contributed by atoms with E-state index in [9.17, 15) is 14.4 Å². The van der Waals surface area contributed by atoms with E-state index in [0.717, 1.165) is 16.0 Å². The average Bonchev–Trinajstić information content (AvgIpc) is 2.96. The van der Waals surface area contributed by atoms with Gasteiger partial charge in [-0.2, -0.15) is 0 Å². The van der Waals surface area contributed by atoms with E-state index in [1.807, 2.05) is 30.3 Å². The van der Waals surface area contributed by atoms with Crippen LogP contribution in [0.1, 0.15) is 16.7 Å². The number of imide groups is 2. The number of carbonyl (C=O) groups excluding carboxylic acids is 3. The van der Waals surface area contributed by atoms with Crippen molar-refractivity contribution in [3.05, 3.63) is 129 Å². The van der Waals surface area contributed by atoms with Crippen molar-refractivity contribution in [3.8, 4) is 11.5 Å². The molecule has 0 aromatic heterocycles. The van der Waals surface area contributed by atoms with E-state index in [4.69, 9.17) is 32.7 Å². The number of benzene rings is 4. The first-order valence-electron chi connectivity index (χ1n) is 12.2. The highest BCUT2D eigenvalue weighted by Gasteiger charge is 2.36. The fraction of sp³-hybridized carbons (Fsp3) is 0.0645.